The molecule has 1 aromatic carbocycles. The Morgan fingerprint density at radius 2 is 2.00 bits per heavy atom. The van der Waals surface area contributed by atoms with Crippen LogP contribution in [-0.2, 0) is 7.05 Å². The minimum absolute atomic E-state index is 0.121. The van der Waals surface area contributed by atoms with Crippen LogP contribution >= 0.6 is 0 Å². The zero-order chi connectivity index (χ0) is 14.9. The maximum Gasteiger partial charge on any atom is 0.273 e. The molecule has 0 fully saturated rings. The third kappa shape index (κ3) is 2.74. The van der Waals surface area contributed by atoms with Crippen molar-refractivity contribution in [3.8, 4) is 0 Å². The highest BCUT2D eigenvalue weighted by Crippen LogP contribution is 2.27. The van der Waals surface area contributed by atoms with Crippen molar-refractivity contribution in [1.82, 2.24) is 9.78 Å². The normalized spacial score (nSPS) is 10.9. The molecular weight excluding hydrogens is 250 g/mol. The molecule has 20 heavy (non-hydrogen) atoms. The van der Waals surface area contributed by atoms with Crippen LogP contribution in [0, 0.1) is 13.8 Å². The third-order valence-electron chi connectivity index (χ3n) is 3.40. The van der Waals surface area contributed by atoms with Crippen LogP contribution in [0.25, 0.3) is 0 Å². The third-order valence-corrected chi connectivity index (χ3v) is 3.40. The van der Waals surface area contributed by atoms with Crippen molar-refractivity contribution in [2.24, 2.45) is 7.05 Å². The quantitative estimate of drug-likeness (QED) is 0.930. The molecule has 2 aromatic rings. The first-order valence-corrected chi connectivity index (χ1v) is 6.81. The van der Waals surface area contributed by atoms with E-state index in [-0.39, 0.29) is 5.91 Å². The van der Waals surface area contributed by atoms with E-state index < -0.39 is 0 Å². The van der Waals surface area contributed by atoms with Gasteiger partial charge in [-0.3, -0.25) is 9.48 Å². The predicted molar refractivity (Wildman–Crippen MR) is 81.2 cm³/mol. The zero-order valence-corrected chi connectivity index (χ0v) is 12.7. The summed E-state index contributed by atoms with van der Waals surface area (Å²) in [5, 5.41) is 7.24. The van der Waals surface area contributed by atoms with Gasteiger partial charge in [0, 0.05) is 12.7 Å². The monoisotopic (exact) mass is 271 g/mol. The maximum atomic E-state index is 12.4. The topological polar surface area (TPSA) is 46.9 Å². The van der Waals surface area contributed by atoms with Crippen molar-refractivity contribution in [2.45, 2.75) is 33.6 Å². The van der Waals surface area contributed by atoms with E-state index in [1.54, 1.807) is 17.8 Å². The van der Waals surface area contributed by atoms with Crippen LogP contribution in [0.1, 0.15) is 47.1 Å². The second-order valence-electron chi connectivity index (χ2n) is 5.44. The van der Waals surface area contributed by atoms with Crippen molar-refractivity contribution in [3.63, 3.8) is 0 Å². The molecule has 0 unspecified atom stereocenters. The number of carbonyl (C=O) groups excluding carboxylic acids is 1. The predicted octanol–water partition coefficient (Wildman–Crippen LogP) is 3.41. The van der Waals surface area contributed by atoms with E-state index in [2.05, 4.69) is 30.3 Å². The molecule has 2 rings (SSSR count). The molecule has 0 bridgehead atoms. The molecule has 1 aromatic heterocycles. The fraction of sp³-hybridized carbons (Fsp3) is 0.375. The number of para-hydroxylation sites is 1. The van der Waals surface area contributed by atoms with E-state index in [4.69, 9.17) is 0 Å². The second kappa shape index (κ2) is 5.49. The van der Waals surface area contributed by atoms with Crippen LogP contribution in [0.5, 0.6) is 0 Å². The summed E-state index contributed by atoms with van der Waals surface area (Å²) >= 11 is 0. The lowest BCUT2D eigenvalue weighted by atomic mass is 9.98. The van der Waals surface area contributed by atoms with Crippen LogP contribution in [0.2, 0.25) is 0 Å². The highest BCUT2D eigenvalue weighted by molar-refractivity contribution is 6.04. The standard InChI is InChI=1S/C16H21N3O/c1-10(2)13-8-6-7-11(3)15(13)17-16(20)14-9-12(4)18-19(14)5/h6-10H,1-5H3,(H,17,20). The number of benzene rings is 1. The minimum Gasteiger partial charge on any atom is -0.320 e. The summed E-state index contributed by atoms with van der Waals surface area (Å²) in [6.45, 7) is 8.14. The Labute approximate surface area is 119 Å². The number of aromatic nitrogens is 2. The molecule has 4 heteroatoms. The van der Waals surface area contributed by atoms with Crippen LogP contribution in [0.4, 0.5) is 5.69 Å². The van der Waals surface area contributed by atoms with Gasteiger partial charge >= 0.3 is 0 Å². The van der Waals surface area contributed by atoms with Gasteiger partial charge in [-0.25, -0.2) is 0 Å². The van der Waals surface area contributed by atoms with Gasteiger partial charge < -0.3 is 5.32 Å². The molecule has 106 valence electrons. The largest absolute Gasteiger partial charge is 0.320 e. The highest BCUT2D eigenvalue weighted by Gasteiger charge is 2.16. The summed E-state index contributed by atoms with van der Waals surface area (Å²) in [5.74, 6) is 0.239. The Kier molecular flexibility index (Phi) is 3.93. The van der Waals surface area contributed by atoms with Crippen LogP contribution in [0.15, 0.2) is 24.3 Å². The van der Waals surface area contributed by atoms with Crippen molar-refractivity contribution < 1.29 is 4.79 Å². The van der Waals surface area contributed by atoms with Crippen molar-refractivity contribution in [2.75, 3.05) is 5.32 Å². The van der Waals surface area contributed by atoms with E-state index >= 15 is 0 Å². The van der Waals surface area contributed by atoms with Crippen LogP contribution in [-0.4, -0.2) is 15.7 Å². The first-order valence-electron chi connectivity index (χ1n) is 6.81. The minimum atomic E-state index is -0.121. The molecular formula is C16H21N3O. The number of hydrogen-bond donors (Lipinski definition) is 1. The summed E-state index contributed by atoms with van der Waals surface area (Å²) in [6.07, 6.45) is 0. The molecule has 0 spiro atoms. The van der Waals surface area contributed by atoms with Crippen LogP contribution < -0.4 is 5.32 Å². The lowest BCUT2D eigenvalue weighted by Crippen LogP contribution is -2.18. The number of carbonyl (C=O) groups is 1. The molecule has 1 heterocycles. The SMILES string of the molecule is Cc1cc(C(=O)Nc2c(C)cccc2C(C)C)n(C)n1. The number of amides is 1. The fourth-order valence-electron chi connectivity index (χ4n) is 2.34. The van der Waals surface area contributed by atoms with Crippen molar-refractivity contribution >= 4 is 11.6 Å². The average Bonchev–Trinajstić information content (AvgIpc) is 2.70. The molecule has 0 saturated heterocycles. The van der Waals surface area contributed by atoms with Gasteiger partial charge in [-0.15, -0.1) is 0 Å². The number of anilines is 1. The van der Waals surface area contributed by atoms with Gasteiger partial charge in [0.1, 0.15) is 5.69 Å². The Morgan fingerprint density at radius 3 is 2.55 bits per heavy atom. The van der Waals surface area contributed by atoms with E-state index in [1.165, 1.54) is 0 Å². The molecule has 0 aliphatic rings. The van der Waals surface area contributed by atoms with E-state index in [0.717, 1.165) is 22.5 Å². The van der Waals surface area contributed by atoms with Crippen LogP contribution in [0.3, 0.4) is 0 Å². The van der Waals surface area contributed by atoms with Gasteiger partial charge in [0.05, 0.1) is 5.69 Å². The number of aryl methyl sites for hydroxylation is 3. The molecule has 4 nitrogen and oxygen atoms in total. The van der Waals surface area contributed by atoms with Gasteiger partial charge in [-0.05, 0) is 37.0 Å². The second-order valence-corrected chi connectivity index (χ2v) is 5.44. The summed E-state index contributed by atoms with van der Waals surface area (Å²) in [6, 6.07) is 7.88. The Balaban J connectivity index is 2.35. The van der Waals surface area contributed by atoms with Gasteiger partial charge in [0.15, 0.2) is 0 Å². The molecule has 0 atom stereocenters. The number of hydrogen-bond acceptors (Lipinski definition) is 2. The molecule has 0 aliphatic heterocycles. The highest BCUT2D eigenvalue weighted by atomic mass is 16.2. The Hall–Kier alpha value is -2.10. The summed E-state index contributed by atoms with van der Waals surface area (Å²) in [7, 11) is 1.78. The Morgan fingerprint density at radius 1 is 1.30 bits per heavy atom. The first-order chi connectivity index (χ1) is 9.40. The van der Waals surface area contributed by atoms with Gasteiger partial charge in [-0.2, -0.15) is 5.10 Å². The first kappa shape index (κ1) is 14.3. The number of nitrogens with one attached hydrogen (secondary N) is 1. The van der Waals surface area contributed by atoms with Crippen molar-refractivity contribution in [1.29, 1.82) is 0 Å². The number of rotatable bonds is 3. The molecule has 1 amide bonds. The van der Waals surface area contributed by atoms with E-state index in [0.29, 0.717) is 11.6 Å². The molecule has 1 N–H and O–H groups in total. The number of nitrogens with zero attached hydrogens (tertiary/aromatic N) is 2. The van der Waals surface area contributed by atoms with E-state index in [1.807, 2.05) is 26.0 Å². The fourth-order valence-corrected chi connectivity index (χ4v) is 2.34. The zero-order valence-electron chi connectivity index (χ0n) is 12.7. The van der Waals surface area contributed by atoms with E-state index in [9.17, 15) is 4.79 Å². The van der Waals surface area contributed by atoms with Gasteiger partial charge in [-0.1, -0.05) is 32.0 Å². The lowest BCUT2D eigenvalue weighted by Gasteiger charge is -2.16. The molecule has 0 aliphatic carbocycles. The average molecular weight is 271 g/mol. The van der Waals surface area contributed by atoms with Gasteiger partial charge in [0.25, 0.3) is 5.91 Å². The Bertz CT molecular complexity index is 641. The summed E-state index contributed by atoms with van der Waals surface area (Å²) in [5.41, 5.74) is 4.54. The lowest BCUT2D eigenvalue weighted by molar-refractivity contribution is 0.101. The molecule has 0 saturated carbocycles. The maximum absolute atomic E-state index is 12.4. The van der Waals surface area contributed by atoms with Crippen molar-refractivity contribution in [3.05, 3.63) is 46.8 Å². The molecule has 0 radical (unpaired) electrons. The van der Waals surface area contributed by atoms with Gasteiger partial charge in [0.2, 0.25) is 0 Å². The smallest absolute Gasteiger partial charge is 0.273 e. The summed E-state index contributed by atoms with van der Waals surface area (Å²) in [4.78, 5) is 12.4. The summed E-state index contributed by atoms with van der Waals surface area (Å²) < 4.78 is 1.61.